The number of hydrogen-bond acceptors (Lipinski definition) is 10. The molecule has 10 nitrogen and oxygen atoms in total. The lowest BCUT2D eigenvalue weighted by molar-refractivity contribution is 0.0982. The van der Waals surface area contributed by atoms with Gasteiger partial charge in [0.15, 0.2) is 0 Å². The second-order valence-electron chi connectivity index (χ2n) is 13.1. The van der Waals surface area contributed by atoms with E-state index in [9.17, 15) is 0 Å². The van der Waals surface area contributed by atoms with Gasteiger partial charge in [0.05, 0.1) is 29.4 Å². The number of halogens is 1. The van der Waals surface area contributed by atoms with Crippen molar-refractivity contribution < 1.29 is 9.47 Å². The Kier molecular flexibility index (Phi) is 9.49. The molecule has 0 radical (unpaired) electrons. The first-order chi connectivity index (χ1) is 22.9. The van der Waals surface area contributed by atoms with Gasteiger partial charge in [0.2, 0.25) is 5.95 Å². The topological polar surface area (TPSA) is 90.9 Å². The van der Waals surface area contributed by atoms with Crippen LogP contribution in [0.1, 0.15) is 48.4 Å². The van der Waals surface area contributed by atoms with Gasteiger partial charge in [-0.3, -0.25) is 9.88 Å². The van der Waals surface area contributed by atoms with Gasteiger partial charge in [-0.05, 0) is 85.4 Å². The first kappa shape index (κ1) is 32.1. The number of piperazine rings is 1. The Morgan fingerprint density at radius 2 is 1.68 bits per heavy atom. The molecule has 2 N–H and O–H groups in total. The highest BCUT2D eigenvalue weighted by atomic mass is 79.9. The zero-order valence-electron chi connectivity index (χ0n) is 27.9. The number of pyridine rings is 1. The molecule has 47 heavy (non-hydrogen) atoms. The van der Waals surface area contributed by atoms with Crippen LogP contribution in [0, 0.1) is 6.92 Å². The predicted molar refractivity (Wildman–Crippen MR) is 193 cm³/mol. The number of fused-ring (bicyclic) bond motifs is 1. The van der Waals surface area contributed by atoms with E-state index in [4.69, 9.17) is 19.4 Å². The fraction of sp³-hybridized carbons (Fsp3) is 0.472. The van der Waals surface area contributed by atoms with Crippen LogP contribution in [0.15, 0.2) is 47.1 Å². The number of piperidine rings is 1. The van der Waals surface area contributed by atoms with Crippen molar-refractivity contribution in [3.8, 4) is 5.75 Å². The SMILES string of the molecule is COCc1c(Nc2nc(Nc3cc(C)c(N4CCC(N5CCN(C)CC5)CC4)cc3OC)ncc2Br)ccc2nc(C3CC3)ccc12. The maximum absolute atomic E-state index is 5.89. The number of anilines is 5. The smallest absolute Gasteiger partial charge is 0.229 e. The van der Waals surface area contributed by atoms with E-state index >= 15 is 0 Å². The van der Waals surface area contributed by atoms with Crippen LogP contribution in [0.3, 0.4) is 0 Å². The molecule has 0 bridgehead atoms. The number of benzene rings is 2. The maximum Gasteiger partial charge on any atom is 0.229 e. The van der Waals surface area contributed by atoms with Gasteiger partial charge in [-0.1, -0.05) is 6.07 Å². The molecule has 3 fully saturated rings. The Balaban J connectivity index is 1.08. The maximum atomic E-state index is 5.89. The summed E-state index contributed by atoms with van der Waals surface area (Å²) in [4.78, 5) is 22.0. The summed E-state index contributed by atoms with van der Waals surface area (Å²) in [6.07, 6.45) is 6.60. The third kappa shape index (κ3) is 7.04. The molecular weight excluding hydrogens is 656 g/mol. The first-order valence-corrected chi connectivity index (χ1v) is 17.5. The van der Waals surface area contributed by atoms with Crippen molar-refractivity contribution in [1.29, 1.82) is 0 Å². The minimum Gasteiger partial charge on any atom is -0.494 e. The molecule has 0 spiro atoms. The molecule has 2 aromatic heterocycles. The molecule has 0 amide bonds. The van der Waals surface area contributed by atoms with E-state index in [0.717, 1.165) is 51.2 Å². The monoisotopic (exact) mass is 700 g/mol. The molecule has 4 heterocycles. The summed E-state index contributed by atoms with van der Waals surface area (Å²) in [5.41, 5.74) is 7.38. The van der Waals surface area contributed by atoms with Gasteiger partial charge in [-0.25, -0.2) is 4.98 Å². The van der Waals surface area contributed by atoms with Gasteiger partial charge in [0.25, 0.3) is 0 Å². The number of methoxy groups -OCH3 is 2. The van der Waals surface area contributed by atoms with Crippen LogP contribution in [-0.4, -0.2) is 91.3 Å². The van der Waals surface area contributed by atoms with Gasteiger partial charge in [0.1, 0.15) is 11.6 Å². The molecule has 11 heteroatoms. The zero-order valence-corrected chi connectivity index (χ0v) is 29.4. The molecule has 4 aromatic rings. The van der Waals surface area contributed by atoms with E-state index in [1.165, 1.54) is 68.8 Å². The first-order valence-electron chi connectivity index (χ1n) is 16.7. The second kappa shape index (κ2) is 13.9. The van der Waals surface area contributed by atoms with Crippen LogP contribution in [0.5, 0.6) is 5.75 Å². The molecule has 0 atom stereocenters. The van der Waals surface area contributed by atoms with Crippen molar-refractivity contribution in [2.24, 2.45) is 0 Å². The average Bonchev–Trinajstić information content (AvgIpc) is 3.94. The summed E-state index contributed by atoms with van der Waals surface area (Å²) in [7, 11) is 5.66. The van der Waals surface area contributed by atoms with Crippen molar-refractivity contribution >= 4 is 55.7 Å². The predicted octanol–water partition coefficient (Wildman–Crippen LogP) is 6.83. The molecular formula is C36H45BrN8O2. The van der Waals surface area contributed by atoms with Gasteiger partial charge in [-0.2, -0.15) is 4.98 Å². The number of likely N-dealkylation sites (N-methyl/N-ethyl adjacent to an activating group) is 1. The fourth-order valence-electron chi connectivity index (χ4n) is 7.01. The number of nitrogens with one attached hydrogen (secondary N) is 2. The molecule has 7 rings (SSSR count). The Morgan fingerprint density at radius 1 is 0.894 bits per heavy atom. The molecule has 1 aliphatic carbocycles. The van der Waals surface area contributed by atoms with Gasteiger partial charge < -0.3 is 29.9 Å². The molecule has 2 aliphatic heterocycles. The number of aryl methyl sites for hydroxylation is 1. The number of hydrogen-bond donors (Lipinski definition) is 2. The number of rotatable bonds is 10. The second-order valence-corrected chi connectivity index (χ2v) is 14.0. The van der Waals surface area contributed by atoms with E-state index in [1.807, 2.05) is 0 Å². The van der Waals surface area contributed by atoms with Crippen molar-refractivity contribution in [3.05, 3.63) is 63.9 Å². The van der Waals surface area contributed by atoms with Gasteiger partial charge >= 0.3 is 0 Å². The highest BCUT2D eigenvalue weighted by Crippen LogP contribution is 2.41. The molecule has 248 valence electrons. The quantitative estimate of drug-likeness (QED) is 0.183. The van der Waals surface area contributed by atoms with E-state index in [-0.39, 0.29) is 0 Å². The lowest BCUT2D eigenvalue weighted by Crippen LogP contribution is -2.52. The van der Waals surface area contributed by atoms with Crippen molar-refractivity contribution in [1.82, 2.24) is 24.8 Å². The van der Waals surface area contributed by atoms with Gasteiger partial charge in [0, 0.05) is 98.6 Å². The zero-order chi connectivity index (χ0) is 32.5. The number of nitrogens with zero attached hydrogens (tertiary/aromatic N) is 6. The Labute approximate surface area is 286 Å². The standard InChI is InChI=1S/C36H45BrN8O2/c1-23-19-32(34(47-4)20-33(23)45-13-11-25(12-14-45)44-17-15-43(2)16-18-44)41-36-38-21-28(37)35(42-36)40-31-10-9-30-26(27(31)22-46-3)7-8-29(39-30)24-5-6-24/h7-10,19-21,24-25H,5-6,11-18,22H2,1-4H3,(H2,38,40,41,42). The van der Waals surface area contributed by atoms with Crippen molar-refractivity contribution in [2.45, 2.75) is 51.2 Å². The Hall–Kier alpha value is -3.51. The summed E-state index contributed by atoms with van der Waals surface area (Å²) < 4.78 is 12.3. The Morgan fingerprint density at radius 3 is 2.40 bits per heavy atom. The van der Waals surface area contributed by atoms with E-state index in [1.54, 1.807) is 20.4 Å². The molecule has 3 aliphatic rings. The molecule has 2 aromatic carbocycles. The van der Waals surface area contributed by atoms with Crippen LogP contribution in [-0.2, 0) is 11.3 Å². The highest BCUT2D eigenvalue weighted by Gasteiger charge is 2.28. The molecule has 1 saturated carbocycles. The van der Waals surface area contributed by atoms with Crippen LogP contribution < -0.4 is 20.3 Å². The van der Waals surface area contributed by atoms with Crippen LogP contribution in [0.25, 0.3) is 10.9 Å². The third-order valence-corrected chi connectivity index (χ3v) is 10.5. The molecule has 0 unspecified atom stereocenters. The summed E-state index contributed by atoms with van der Waals surface area (Å²) in [6.45, 7) is 9.42. The van der Waals surface area contributed by atoms with Gasteiger partial charge in [-0.15, -0.1) is 0 Å². The summed E-state index contributed by atoms with van der Waals surface area (Å²) >= 11 is 3.65. The fourth-order valence-corrected chi connectivity index (χ4v) is 7.30. The average molecular weight is 702 g/mol. The largest absolute Gasteiger partial charge is 0.494 e. The lowest BCUT2D eigenvalue weighted by Gasteiger charge is -2.43. The lowest BCUT2D eigenvalue weighted by atomic mass is 10.0. The van der Waals surface area contributed by atoms with E-state index in [2.05, 4.69) is 96.6 Å². The van der Waals surface area contributed by atoms with Crippen LogP contribution >= 0.6 is 15.9 Å². The van der Waals surface area contributed by atoms with E-state index < -0.39 is 0 Å². The van der Waals surface area contributed by atoms with Crippen molar-refractivity contribution in [2.75, 3.05) is 76.1 Å². The Bertz CT molecular complexity index is 1730. The van der Waals surface area contributed by atoms with Crippen molar-refractivity contribution in [3.63, 3.8) is 0 Å². The minimum atomic E-state index is 0.453. The summed E-state index contributed by atoms with van der Waals surface area (Å²) in [5, 5.41) is 8.02. The minimum absolute atomic E-state index is 0.453. The van der Waals surface area contributed by atoms with Crippen LogP contribution in [0.4, 0.5) is 28.8 Å². The highest BCUT2D eigenvalue weighted by molar-refractivity contribution is 9.10. The molecule has 2 saturated heterocycles. The third-order valence-electron chi connectivity index (χ3n) is 9.91. The number of aromatic nitrogens is 3. The number of ether oxygens (including phenoxy) is 2. The van der Waals surface area contributed by atoms with Crippen LogP contribution in [0.2, 0.25) is 0 Å². The summed E-state index contributed by atoms with van der Waals surface area (Å²) in [5.74, 6) is 2.49. The van der Waals surface area contributed by atoms with E-state index in [0.29, 0.717) is 30.3 Å². The summed E-state index contributed by atoms with van der Waals surface area (Å²) in [6, 6.07) is 13.4. The normalized spacial score (nSPS) is 18.1.